The second-order valence-corrected chi connectivity index (χ2v) is 6.11. The summed E-state index contributed by atoms with van der Waals surface area (Å²) in [6, 6.07) is 17.6. The van der Waals surface area contributed by atoms with Gasteiger partial charge < -0.3 is 0 Å². The summed E-state index contributed by atoms with van der Waals surface area (Å²) in [4.78, 5) is 2.89. The molecule has 0 bridgehead atoms. The van der Waals surface area contributed by atoms with Crippen molar-refractivity contribution >= 4 is 21.5 Å². The van der Waals surface area contributed by atoms with E-state index in [0.717, 1.165) is 19.3 Å². The predicted molar refractivity (Wildman–Crippen MR) is 91.0 cm³/mol. The first-order valence-electron chi connectivity index (χ1n) is 7.80. The fourth-order valence-electron chi connectivity index (χ4n) is 3.75. The maximum Gasteiger partial charge on any atom is 0.0289 e. The number of hydrogen-bond acceptors (Lipinski definition) is 1. The lowest BCUT2D eigenvalue weighted by atomic mass is 9.81. The van der Waals surface area contributed by atoms with Crippen LogP contribution in [0.4, 0.5) is 0 Å². The molecule has 3 nitrogen and oxygen atoms in total. The Morgan fingerprint density at radius 3 is 2.77 bits per heavy atom. The third-order valence-corrected chi connectivity index (χ3v) is 4.85. The van der Waals surface area contributed by atoms with Gasteiger partial charge >= 0.3 is 0 Å². The van der Waals surface area contributed by atoms with Crippen LogP contribution in [0.3, 0.4) is 0 Å². The lowest BCUT2D eigenvalue weighted by Crippen LogP contribution is -2.16. The Bertz CT molecular complexity index is 907. The minimum atomic E-state index is 0.487. The number of azide groups is 1. The number of fused-ring (bicyclic) bond motifs is 5. The van der Waals surface area contributed by atoms with Crippen LogP contribution in [0.1, 0.15) is 17.5 Å². The van der Waals surface area contributed by atoms with Gasteiger partial charge in [-0.15, -0.1) is 0 Å². The van der Waals surface area contributed by atoms with Crippen LogP contribution in [0.5, 0.6) is 0 Å². The van der Waals surface area contributed by atoms with Gasteiger partial charge in [-0.2, -0.15) is 0 Å². The molecule has 0 amide bonds. The molecule has 0 aliphatic heterocycles. The lowest BCUT2D eigenvalue weighted by Gasteiger charge is -2.25. The zero-order chi connectivity index (χ0) is 14.9. The van der Waals surface area contributed by atoms with Gasteiger partial charge in [0.15, 0.2) is 0 Å². The third kappa shape index (κ3) is 2.11. The molecule has 108 valence electrons. The van der Waals surface area contributed by atoms with Crippen LogP contribution in [0.15, 0.2) is 53.6 Å². The van der Waals surface area contributed by atoms with Crippen LogP contribution in [0.25, 0.3) is 32.0 Å². The van der Waals surface area contributed by atoms with E-state index in [1.54, 1.807) is 0 Å². The van der Waals surface area contributed by atoms with Crippen molar-refractivity contribution in [3.63, 3.8) is 0 Å². The molecule has 22 heavy (non-hydrogen) atoms. The topological polar surface area (TPSA) is 48.8 Å². The fourth-order valence-corrected chi connectivity index (χ4v) is 3.75. The SMILES string of the molecule is [N-]=[N+]=NCC1CCc2c(ccc3c2ccc2ccccc23)C1. The highest BCUT2D eigenvalue weighted by Gasteiger charge is 2.20. The molecule has 0 fully saturated rings. The highest BCUT2D eigenvalue weighted by Crippen LogP contribution is 2.34. The number of nitrogens with zero attached hydrogens (tertiary/aromatic N) is 3. The van der Waals surface area contributed by atoms with Gasteiger partial charge in [0.25, 0.3) is 0 Å². The van der Waals surface area contributed by atoms with Crippen LogP contribution in [-0.2, 0) is 12.8 Å². The smallest absolute Gasteiger partial charge is 0.0289 e. The highest BCUT2D eigenvalue weighted by molar-refractivity contribution is 6.08. The van der Waals surface area contributed by atoms with Crippen LogP contribution >= 0.6 is 0 Å². The fraction of sp³-hybridized carbons (Fsp3) is 0.263. The largest absolute Gasteiger partial charge is 0.0937 e. The number of benzene rings is 3. The van der Waals surface area contributed by atoms with Gasteiger partial charge in [-0.3, -0.25) is 0 Å². The Balaban J connectivity index is 1.84. The monoisotopic (exact) mass is 287 g/mol. The van der Waals surface area contributed by atoms with Gasteiger partial charge in [0.05, 0.1) is 0 Å². The summed E-state index contributed by atoms with van der Waals surface area (Å²) in [5, 5.41) is 9.12. The molecule has 0 saturated heterocycles. The van der Waals surface area contributed by atoms with Gasteiger partial charge in [0.1, 0.15) is 0 Å². The van der Waals surface area contributed by atoms with Crippen LogP contribution < -0.4 is 0 Å². The number of hydrogen-bond donors (Lipinski definition) is 0. The van der Waals surface area contributed by atoms with Crippen molar-refractivity contribution in [1.82, 2.24) is 0 Å². The van der Waals surface area contributed by atoms with Crippen molar-refractivity contribution in [3.05, 3.63) is 70.1 Å². The maximum atomic E-state index is 8.49. The molecule has 0 spiro atoms. The molecule has 3 heteroatoms. The standard InChI is InChI=1S/C19H17N3/c20-22-21-12-13-5-8-17-15(11-13)7-10-18-16-4-2-1-3-14(16)6-9-19(17)18/h1-4,6-7,9-10,13H,5,8,11-12H2. The van der Waals surface area contributed by atoms with Gasteiger partial charge in [-0.05, 0) is 63.4 Å². The van der Waals surface area contributed by atoms with Gasteiger partial charge in [-0.25, -0.2) is 0 Å². The molecule has 3 aromatic carbocycles. The lowest BCUT2D eigenvalue weighted by molar-refractivity contribution is 0.470. The minimum Gasteiger partial charge on any atom is -0.0937 e. The summed E-state index contributed by atoms with van der Waals surface area (Å²) in [5.41, 5.74) is 11.4. The molecule has 4 rings (SSSR count). The predicted octanol–water partition coefficient (Wildman–Crippen LogP) is 5.41. The summed E-state index contributed by atoms with van der Waals surface area (Å²) in [5.74, 6) is 0.487. The van der Waals surface area contributed by atoms with Gasteiger partial charge in [-0.1, -0.05) is 53.6 Å². The average Bonchev–Trinajstić information content (AvgIpc) is 2.59. The first-order chi connectivity index (χ1) is 10.9. The minimum absolute atomic E-state index is 0.487. The van der Waals surface area contributed by atoms with Crippen molar-refractivity contribution in [1.29, 1.82) is 0 Å². The summed E-state index contributed by atoms with van der Waals surface area (Å²) >= 11 is 0. The Morgan fingerprint density at radius 1 is 1.00 bits per heavy atom. The Hall–Kier alpha value is -2.51. The Kier molecular flexibility index (Phi) is 3.21. The zero-order valence-electron chi connectivity index (χ0n) is 12.4. The van der Waals surface area contributed by atoms with E-state index in [2.05, 4.69) is 58.6 Å². The van der Waals surface area contributed by atoms with Crippen molar-refractivity contribution in [2.45, 2.75) is 19.3 Å². The molecule has 0 N–H and O–H groups in total. The maximum absolute atomic E-state index is 8.49. The average molecular weight is 287 g/mol. The van der Waals surface area contributed by atoms with Crippen LogP contribution in [0, 0.1) is 5.92 Å². The van der Waals surface area contributed by atoms with Crippen molar-refractivity contribution in [2.75, 3.05) is 6.54 Å². The number of rotatable bonds is 2. The first-order valence-corrected chi connectivity index (χ1v) is 7.80. The molecule has 0 heterocycles. The summed E-state index contributed by atoms with van der Waals surface area (Å²) in [7, 11) is 0. The molecule has 1 aliphatic carbocycles. The molecule has 1 unspecified atom stereocenters. The second-order valence-electron chi connectivity index (χ2n) is 6.11. The molecule has 0 saturated carbocycles. The van der Waals surface area contributed by atoms with Crippen molar-refractivity contribution < 1.29 is 0 Å². The summed E-state index contributed by atoms with van der Waals surface area (Å²) in [6.07, 6.45) is 3.21. The molecular formula is C19H17N3. The first kappa shape index (κ1) is 13.2. The summed E-state index contributed by atoms with van der Waals surface area (Å²) < 4.78 is 0. The van der Waals surface area contributed by atoms with Gasteiger partial charge in [0.2, 0.25) is 0 Å². The third-order valence-electron chi connectivity index (χ3n) is 4.85. The Morgan fingerprint density at radius 2 is 1.86 bits per heavy atom. The molecule has 3 aromatic rings. The summed E-state index contributed by atoms with van der Waals surface area (Å²) in [6.45, 7) is 0.617. The van der Waals surface area contributed by atoms with Crippen molar-refractivity contribution in [2.24, 2.45) is 11.0 Å². The zero-order valence-corrected chi connectivity index (χ0v) is 12.4. The van der Waals surface area contributed by atoms with Gasteiger partial charge in [0, 0.05) is 11.5 Å². The van der Waals surface area contributed by atoms with E-state index in [1.807, 2.05) is 0 Å². The van der Waals surface area contributed by atoms with E-state index in [-0.39, 0.29) is 0 Å². The van der Waals surface area contributed by atoms with E-state index in [1.165, 1.54) is 32.7 Å². The van der Waals surface area contributed by atoms with Crippen LogP contribution in [-0.4, -0.2) is 6.54 Å². The quantitative estimate of drug-likeness (QED) is 0.262. The van der Waals surface area contributed by atoms with E-state index < -0.39 is 0 Å². The van der Waals surface area contributed by atoms with Crippen LogP contribution in [0.2, 0.25) is 0 Å². The molecule has 1 aliphatic rings. The molecule has 0 radical (unpaired) electrons. The van der Waals surface area contributed by atoms with E-state index in [4.69, 9.17) is 5.53 Å². The van der Waals surface area contributed by atoms with Crippen molar-refractivity contribution in [3.8, 4) is 0 Å². The normalized spacial score (nSPS) is 17.2. The molecule has 0 aromatic heterocycles. The molecule has 1 atom stereocenters. The molecular weight excluding hydrogens is 270 g/mol. The van der Waals surface area contributed by atoms with E-state index in [9.17, 15) is 0 Å². The Labute approximate surface area is 129 Å². The van der Waals surface area contributed by atoms with E-state index in [0.29, 0.717) is 12.5 Å². The number of aryl methyl sites for hydroxylation is 1. The van der Waals surface area contributed by atoms with E-state index >= 15 is 0 Å². The second kappa shape index (κ2) is 5.36. The highest BCUT2D eigenvalue weighted by atomic mass is 15.1.